The smallest absolute Gasteiger partial charge is 0.409 e. The number of carbonyl (C=O) groups excluding carboxylic acids is 3. The molecule has 0 bridgehead atoms. The van der Waals surface area contributed by atoms with Crippen molar-refractivity contribution in [3.8, 4) is 0 Å². The molecule has 1 aliphatic rings. The van der Waals surface area contributed by atoms with Gasteiger partial charge in [-0.2, -0.15) is 0 Å². The van der Waals surface area contributed by atoms with Gasteiger partial charge in [0.15, 0.2) is 0 Å². The number of nitrogens with one attached hydrogen (secondary N) is 1. The largest absolute Gasteiger partial charge is 0.441 e. The van der Waals surface area contributed by atoms with E-state index in [1.54, 1.807) is 49.3 Å². The number of benzene rings is 3. The molecule has 0 spiro atoms. The van der Waals surface area contributed by atoms with Gasteiger partial charge in [-0.3, -0.25) is 9.59 Å². The van der Waals surface area contributed by atoms with Gasteiger partial charge in [-0.1, -0.05) is 36.4 Å². The second-order valence-corrected chi connectivity index (χ2v) is 8.77. The zero-order valence-electron chi connectivity index (χ0n) is 20.2. The number of rotatable bonds is 4. The van der Waals surface area contributed by atoms with Crippen LogP contribution in [0.25, 0.3) is 0 Å². The van der Waals surface area contributed by atoms with E-state index in [-0.39, 0.29) is 11.8 Å². The molecule has 7 nitrogen and oxygen atoms in total. The molecule has 180 valence electrons. The Balaban J connectivity index is 1.52. The van der Waals surface area contributed by atoms with E-state index >= 15 is 0 Å². The predicted molar refractivity (Wildman–Crippen MR) is 136 cm³/mol. The number of nitrogens with zero attached hydrogens (tertiary/aromatic N) is 2. The van der Waals surface area contributed by atoms with Crippen LogP contribution in [0.1, 0.15) is 50.8 Å². The second-order valence-electron chi connectivity index (χ2n) is 8.77. The molecule has 0 radical (unpaired) electrons. The van der Waals surface area contributed by atoms with Gasteiger partial charge in [0.25, 0.3) is 11.8 Å². The van der Waals surface area contributed by atoms with Crippen molar-refractivity contribution in [2.45, 2.75) is 25.9 Å². The predicted octanol–water partition coefficient (Wildman–Crippen LogP) is 5.43. The molecule has 3 aromatic carbocycles. The second kappa shape index (κ2) is 10.4. The number of anilines is 2. The van der Waals surface area contributed by atoms with Gasteiger partial charge >= 0.3 is 6.09 Å². The third kappa shape index (κ3) is 5.35. The van der Waals surface area contributed by atoms with E-state index in [0.29, 0.717) is 36.2 Å². The molecule has 4 rings (SSSR count). The van der Waals surface area contributed by atoms with E-state index in [2.05, 4.69) is 5.32 Å². The van der Waals surface area contributed by atoms with Crippen LogP contribution in [0.4, 0.5) is 16.2 Å². The van der Waals surface area contributed by atoms with E-state index in [1.807, 2.05) is 49.4 Å². The minimum absolute atomic E-state index is 0.145. The van der Waals surface area contributed by atoms with Crippen LogP contribution in [0.3, 0.4) is 0 Å². The Labute approximate surface area is 205 Å². The lowest BCUT2D eigenvalue weighted by molar-refractivity contribution is 0.0704. The summed E-state index contributed by atoms with van der Waals surface area (Å²) < 4.78 is 5.70. The number of fused-ring (bicyclic) bond motifs is 1. The number of para-hydroxylation sites is 1. The monoisotopic (exact) mass is 471 g/mol. The highest BCUT2D eigenvalue weighted by atomic mass is 16.6. The van der Waals surface area contributed by atoms with Gasteiger partial charge in [-0.05, 0) is 61.7 Å². The first-order valence-corrected chi connectivity index (χ1v) is 11.6. The molecule has 1 aliphatic heterocycles. The van der Waals surface area contributed by atoms with Crippen molar-refractivity contribution in [3.63, 3.8) is 0 Å². The summed E-state index contributed by atoms with van der Waals surface area (Å²) in [4.78, 5) is 41.4. The number of hydrogen-bond acceptors (Lipinski definition) is 4. The SMILES string of the molecule is Cc1ccccc1C(=O)Nc1ccc(C(=O)N2CCCC(OC(=O)N(C)C)c3ccccc32)cc1. The van der Waals surface area contributed by atoms with E-state index in [0.717, 1.165) is 16.8 Å². The number of aryl methyl sites for hydroxylation is 1. The Kier molecular flexibility index (Phi) is 7.15. The highest BCUT2D eigenvalue weighted by Crippen LogP contribution is 2.36. The van der Waals surface area contributed by atoms with Crippen molar-refractivity contribution in [3.05, 3.63) is 95.1 Å². The number of amides is 3. The average Bonchev–Trinajstić information content (AvgIpc) is 3.04. The third-order valence-electron chi connectivity index (χ3n) is 6.06. The molecule has 3 aromatic rings. The minimum atomic E-state index is -0.419. The lowest BCUT2D eigenvalue weighted by atomic mass is 10.0. The van der Waals surface area contributed by atoms with Crippen LogP contribution in [0.5, 0.6) is 0 Å². The van der Waals surface area contributed by atoms with Crippen LogP contribution >= 0.6 is 0 Å². The first-order chi connectivity index (χ1) is 16.8. The highest BCUT2D eigenvalue weighted by Gasteiger charge is 2.29. The van der Waals surface area contributed by atoms with Crippen molar-refractivity contribution in [1.29, 1.82) is 0 Å². The quantitative estimate of drug-likeness (QED) is 0.551. The summed E-state index contributed by atoms with van der Waals surface area (Å²) in [7, 11) is 3.29. The Bertz CT molecular complexity index is 1240. The molecule has 0 saturated carbocycles. The number of ether oxygens (including phenoxy) is 1. The maximum Gasteiger partial charge on any atom is 0.409 e. The highest BCUT2D eigenvalue weighted by molar-refractivity contribution is 6.08. The van der Waals surface area contributed by atoms with Crippen molar-refractivity contribution < 1.29 is 19.1 Å². The van der Waals surface area contributed by atoms with Gasteiger partial charge in [0.05, 0.1) is 5.69 Å². The standard InChI is InChI=1S/C28H29N3O4/c1-19-9-4-5-10-22(19)26(32)29-21-16-14-20(15-17-21)27(33)31-18-8-13-25(35-28(34)30(2)3)23-11-6-7-12-24(23)31/h4-7,9-12,14-17,25H,8,13,18H2,1-3H3,(H,29,32). The van der Waals surface area contributed by atoms with Crippen LogP contribution in [0, 0.1) is 6.92 Å². The van der Waals surface area contributed by atoms with Crippen LogP contribution < -0.4 is 10.2 Å². The lowest BCUT2D eigenvalue weighted by Crippen LogP contribution is -2.31. The molecule has 1 N–H and O–H groups in total. The first kappa shape index (κ1) is 24.0. The van der Waals surface area contributed by atoms with Crippen molar-refractivity contribution in [1.82, 2.24) is 4.90 Å². The molecular formula is C28H29N3O4. The lowest BCUT2D eigenvalue weighted by Gasteiger charge is -2.24. The molecule has 1 heterocycles. The van der Waals surface area contributed by atoms with Gasteiger partial charge in [0.1, 0.15) is 6.10 Å². The summed E-state index contributed by atoms with van der Waals surface area (Å²) >= 11 is 0. The fourth-order valence-corrected chi connectivity index (χ4v) is 4.15. The zero-order valence-corrected chi connectivity index (χ0v) is 20.2. The molecule has 0 aromatic heterocycles. The third-order valence-corrected chi connectivity index (χ3v) is 6.06. The molecule has 7 heteroatoms. The fraction of sp³-hybridized carbons (Fsp3) is 0.250. The summed E-state index contributed by atoms with van der Waals surface area (Å²) in [5, 5.41) is 2.89. The Morgan fingerprint density at radius 2 is 1.63 bits per heavy atom. The Morgan fingerprint density at radius 1 is 0.943 bits per heavy atom. The van der Waals surface area contributed by atoms with Crippen molar-refractivity contribution >= 4 is 29.3 Å². The van der Waals surface area contributed by atoms with Crippen molar-refractivity contribution in [2.24, 2.45) is 0 Å². The maximum atomic E-state index is 13.5. The van der Waals surface area contributed by atoms with E-state index < -0.39 is 12.2 Å². The molecule has 0 fully saturated rings. The average molecular weight is 472 g/mol. The van der Waals surface area contributed by atoms with Crippen LogP contribution in [-0.2, 0) is 4.74 Å². The van der Waals surface area contributed by atoms with E-state index in [4.69, 9.17) is 4.74 Å². The number of carbonyl (C=O) groups is 3. The molecule has 0 aliphatic carbocycles. The summed E-state index contributed by atoms with van der Waals surface area (Å²) in [6, 6.07) is 21.8. The molecule has 1 atom stereocenters. The van der Waals surface area contributed by atoms with Gasteiger partial charge in [-0.25, -0.2) is 4.79 Å². The summed E-state index contributed by atoms with van der Waals surface area (Å²) in [6.07, 6.45) is 0.492. The minimum Gasteiger partial charge on any atom is -0.441 e. The van der Waals surface area contributed by atoms with Gasteiger partial charge in [0.2, 0.25) is 0 Å². The van der Waals surface area contributed by atoms with Crippen LogP contribution in [0.2, 0.25) is 0 Å². The van der Waals surface area contributed by atoms with Gasteiger partial charge < -0.3 is 19.9 Å². The maximum absolute atomic E-state index is 13.5. The van der Waals surface area contributed by atoms with Gasteiger partial charge in [0, 0.05) is 43.0 Å². The summed E-state index contributed by atoms with van der Waals surface area (Å²) in [5.74, 6) is -0.337. The molecule has 1 unspecified atom stereocenters. The Hall–Kier alpha value is -4.13. The normalized spacial score (nSPS) is 14.9. The van der Waals surface area contributed by atoms with Crippen LogP contribution in [-0.4, -0.2) is 43.4 Å². The van der Waals surface area contributed by atoms with Gasteiger partial charge in [-0.15, -0.1) is 0 Å². The Morgan fingerprint density at radius 3 is 2.34 bits per heavy atom. The molecule has 0 saturated heterocycles. The molecular weight excluding hydrogens is 442 g/mol. The summed E-state index contributed by atoms with van der Waals surface area (Å²) in [5.41, 5.74) is 4.18. The van der Waals surface area contributed by atoms with Crippen LogP contribution in [0.15, 0.2) is 72.8 Å². The fourth-order valence-electron chi connectivity index (χ4n) is 4.15. The molecule has 3 amide bonds. The first-order valence-electron chi connectivity index (χ1n) is 11.6. The topological polar surface area (TPSA) is 79.0 Å². The van der Waals surface area contributed by atoms with Crippen molar-refractivity contribution in [2.75, 3.05) is 30.9 Å². The zero-order chi connectivity index (χ0) is 24.9. The molecule has 35 heavy (non-hydrogen) atoms. The van der Waals surface area contributed by atoms with E-state index in [1.165, 1.54) is 4.90 Å². The summed E-state index contributed by atoms with van der Waals surface area (Å²) in [6.45, 7) is 2.40. The number of hydrogen-bond donors (Lipinski definition) is 1. The van der Waals surface area contributed by atoms with E-state index in [9.17, 15) is 14.4 Å².